The Balaban J connectivity index is 1.92. The maximum absolute atomic E-state index is 7.53. The molecule has 3 rings (SSSR count). The number of hydrogen-bond acceptors (Lipinski definition) is 6. The standard InChI is InChI=1S/C10H11N7S/c11-9(12)7-3-4-13-5-8(7)18-10-14-15-16-17(10)6-1-2-6/h3-6H,1-2H2,(H3,11,12). The van der Waals surface area contributed by atoms with Gasteiger partial charge in [-0.25, -0.2) is 4.68 Å². The quantitative estimate of drug-likeness (QED) is 0.624. The summed E-state index contributed by atoms with van der Waals surface area (Å²) in [6, 6.07) is 2.13. The number of nitrogen functional groups attached to an aromatic ring is 1. The van der Waals surface area contributed by atoms with E-state index in [2.05, 4.69) is 20.5 Å². The second-order valence-electron chi connectivity index (χ2n) is 4.02. The molecule has 0 radical (unpaired) electrons. The van der Waals surface area contributed by atoms with Crippen LogP contribution < -0.4 is 5.73 Å². The van der Waals surface area contributed by atoms with Crippen LogP contribution in [0.3, 0.4) is 0 Å². The van der Waals surface area contributed by atoms with Crippen molar-refractivity contribution >= 4 is 17.6 Å². The van der Waals surface area contributed by atoms with Crippen LogP contribution in [0.4, 0.5) is 0 Å². The van der Waals surface area contributed by atoms with Gasteiger partial charge < -0.3 is 5.73 Å². The molecule has 8 heteroatoms. The molecule has 0 bridgehead atoms. The Labute approximate surface area is 107 Å². The SMILES string of the molecule is N=C(N)c1ccncc1Sc1nnnn1C1CC1. The minimum absolute atomic E-state index is 0.0188. The minimum Gasteiger partial charge on any atom is -0.384 e. The highest BCUT2D eigenvalue weighted by Crippen LogP contribution is 2.38. The maximum Gasteiger partial charge on any atom is 0.214 e. The van der Waals surface area contributed by atoms with Gasteiger partial charge in [0.05, 0.1) is 6.04 Å². The van der Waals surface area contributed by atoms with Gasteiger partial charge in [0, 0.05) is 22.9 Å². The van der Waals surface area contributed by atoms with Crippen molar-refractivity contribution < 1.29 is 0 Å². The summed E-state index contributed by atoms with van der Waals surface area (Å²) in [5.74, 6) is 0.0188. The highest BCUT2D eigenvalue weighted by molar-refractivity contribution is 7.99. The Kier molecular flexibility index (Phi) is 2.71. The van der Waals surface area contributed by atoms with Crippen molar-refractivity contribution in [3.8, 4) is 0 Å². The van der Waals surface area contributed by atoms with Crippen molar-refractivity contribution in [1.29, 1.82) is 5.41 Å². The van der Waals surface area contributed by atoms with Crippen LogP contribution in [0.25, 0.3) is 0 Å². The highest BCUT2D eigenvalue weighted by Gasteiger charge is 2.28. The molecule has 1 saturated carbocycles. The average Bonchev–Trinajstić information content (AvgIpc) is 3.11. The van der Waals surface area contributed by atoms with Gasteiger partial charge in [-0.05, 0) is 41.1 Å². The van der Waals surface area contributed by atoms with Gasteiger partial charge in [-0.3, -0.25) is 10.4 Å². The largest absolute Gasteiger partial charge is 0.384 e. The second kappa shape index (κ2) is 4.37. The second-order valence-corrected chi connectivity index (χ2v) is 5.03. The number of rotatable bonds is 4. The monoisotopic (exact) mass is 261 g/mol. The zero-order valence-corrected chi connectivity index (χ0v) is 10.3. The van der Waals surface area contributed by atoms with Crippen molar-refractivity contribution in [2.45, 2.75) is 28.9 Å². The Morgan fingerprint density at radius 2 is 2.33 bits per heavy atom. The average molecular weight is 261 g/mol. The van der Waals surface area contributed by atoms with Gasteiger partial charge in [-0.15, -0.1) is 5.10 Å². The van der Waals surface area contributed by atoms with E-state index in [1.54, 1.807) is 18.5 Å². The number of aromatic nitrogens is 5. The molecule has 1 fully saturated rings. The van der Waals surface area contributed by atoms with E-state index in [1.165, 1.54) is 11.8 Å². The van der Waals surface area contributed by atoms with Crippen molar-refractivity contribution in [2.75, 3.05) is 0 Å². The maximum atomic E-state index is 7.53. The molecule has 0 amide bonds. The third-order valence-electron chi connectivity index (χ3n) is 2.63. The molecule has 0 aliphatic heterocycles. The molecule has 0 aromatic carbocycles. The molecule has 0 atom stereocenters. The summed E-state index contributed by atoms with van der Waals surface area (Å²) < 4.78 is 1.82. The first-order chi connectivity index (χ1) is 8.75. The van der Waals surface area contributed by atoms with Gasteiger partial charge in [0.1, 0.15) is 5.84 Å². The van der Waals surface area contributed by atoms with Gasteiger partial charge in [0.25, 0.3) is 0 Å². The Hall–Kier alpha value is -1.96. The number of nitrogens with zero attached hydrogens (tertiary/aromatic N) is 5. The Bertz CT molecular complexity index is 589. The van der Waals surface area contributed by atoms with Crippen LogP contribution in [-0.4, -0.2) is 31.0 Å². The van der Waals surface area contributed by atoms with E-state index in [1.807, 2.05) is 4.68 Å². The first-order valence-corrected chi connectivity index (χ1v) is 6.31. The zero-order chi connectivity index (χ0) is 12.5. The third-order valence-corrected chi connectivity index (χ3v) is 3.63. The van der Waals surface area contributed by atoms with Crippen molar-refractivity contribution in [1.82, 2.24) is 25.2 Å². The fourth-order valence-corrected chi connectivity index (χ4v) is 2.54. The number of nitrogens with one attached hydrogen (secondary N) is 1. The van der Waals surface area contributed by atoms with Gasteiger partial charge >= 0.3 is 0 Å². The van der Waals surface area contributed by atoms with E-state index in [0.717, 1.165) is 17.7 Å². The molecule has 0 saturated heterocycles. The van der Waals surface area contributed by atoms with E-state index in [-0.39, 0.29) is 5.84 Å². The lowest BCUT2D eigenvalue weighted by Gasteiger charge is -2.06. The summed E-state index contributed by atoms with van der Waals surface area (Å²) >= 11 is 1.39. The summed E-state index contributed by atoms with van der Waals surface area (Å²) in [7, 11) is 0. The first kappa shape index (κ1) is 11.1. The lowest BCUT2D eigenvalue weighted by molar-refractivity contribution is 0.565. The summed E-state index contributed by atoms with van der Waals surface area (Å²) in [5.41, 5.74) is 6.19. The van der Waals surface area contributed by atoms with Gasteiger partial charge in [0.2, 0.25) is 5.16 Å². The summed E-state index contributed by atoms with van der Waals surface area (Å²) in [4.78, 5) is 4.84. The topological polar surface area (TPSA) is 106 Å². The molecule has 0 spiro atoms. The number of hydrogen-bond donors (Lipinski definition) is 2. The zero-order valence-electron chi connectivity index (χ0n) is 9.45. The predicted molar refractivity (Wildman–Crippen MR) is 65.5 cm³/mol. The predicted octanol–water partition coefficient (Wildman–Crippen LogP) is 0.838. The molecular weight excluding hydrogens is 250 g/mol. The molecule has 18 heavy (non-hydrogen) atoms. The lowest BCUT2D eigenvalue weighted by atomic mass is 10.2. The van der Waals surface area contributed by atoms with Crippen LogP contribution in [0.1, 0.15) is 24.4 Å². The number of tetrazole rings is 1. The molecular formula is C10H11N7S. The van der Waals surface area contributed by atoms with Crippen LogP contribution in [0, 0.1) is 5.41 Å². The van der Waals surface area contributed by atoms with Gasteiger partial charge in [0.15, 0.2) is 0 Å². The van der Waals surface area contributed by atoms with E-state index >= 15 is 0 Å². The van der Waals surface area contributed by atoms with E-state index in [4.69, 9.17) is 11.1 Å². The molecule has 3 N–H and O–H groups in total. The van der Waals surface area contributed by atoms with Crippen LogP contribution in [0.15, 0.2) is 28.5 Å². The number of amidine groups is 1. The van der Waals surface area contributed by atoms with Crippen LogP contribution in [0.2, 0.25) is 0 Å². The van der Waals surface area contributed by atoms with Crippen molar-refractivity contribution in [3.63, 3.8) is 0 Å². The summed E-state index contributed by atoms with van der Waals surface area (Å²) in [5, 5.41) is 19.9. The Morgan fingerprint density at radius 1 is 1.50 bits per heavy atom. The van der Waals surface area contributed by atoms with E-state index in [9.17, 15) is 0 Å². The summed E-state index contributed by atoms with van der Waals surface area (Å²) in [6.07, 6.45) is 5.52. The Morgan fingerprint density at radius 3 is 3.06 bits per heavy atom. The number of nitrogens with two attached hydrogens (primary N) is 1. The molecule has 2 aromatic heterocycles. The molecule has 1 aliphatic rings. The van der Waals surface area contributed by atoms with E-state index in [0.29, 0.717) is 16.8 Å². The van der Waals surface area contributed by atoms with Crippen LogP contribution in [-0.2, 0) is 0 Å². The third kappa shape index (κ3) is 2.06. The molecule has 92 valence electrons. The first-order valence-electron chi connectivity index (χ1n) is 5.50. The minimum atomic E-state index is 0.0188. The number of pyridine rings is 1. The highest BCUT2D eigenvalue weighted by atomic mass is 32.2. The summed E-state index contributed by atoms with van der Waals surface area (Å²) in [6.45, 7) is 0. The van der Waals surface area contributed by atoms with E-state index < -0.39 is 0 Å². The molecule has 1 aliphatic carbocycles. The molecule has 2 aromatic rings. The van der Waals surface area contributed by atoms with Crippen molar-refractivity contribution in [2.24, 2.45) is 5.73 Å². The van der Waals surface area contributed by atoms with Gasteiger partial charge in [-0.2, -0.15) is 0 Å². The smallest absolute Gasteiger partial charge is 0.214 e. The normalized spacial score (nSPS) is 14.7. The van der Waals surface area contributed by atoms with Gasteiger partial charge in [-0.1, -0.05) is 0 Å². The molecule has 7 nitrogen and oxygen atoms in total. The lowest BCUT2D eigenvalue weighted by Crippen LogP contribution is -2.12. The fourth-order valence-electron chi connectivity index (χ4n) is 1.58. The fraction of sp³-hybridized carbons (Fsp3) is 0.300. The van der Waals surface area contributed by atoms with Crippen LogP contribution >= 0.6 is 11.8 Å². The van der Waals surface area contributed by atoms with Crippen LogP contribution in [0.5, 0.6) is 0 Å². The molecule has 2 heterocycles. The van der Waals surface area contributed by atoms with Crippen molar-refractivity contribution in [3.05, 3.63) is 24.0 Å². The molecule has 0 unspecified atom stereocenters.